The molecule has 3 heteroatoms. The van der Waals surface area contributed by atoms with Crippen molar-refractivity contribution in [3.05, 3.63) is 35.4 Å². The largest absolute Gasteiger partial charge is 0.355 e. The van der Waals surface area contributed by atoms with Crippen molar-refractivity contribution in [1.29, 1.82) is 0 Å². The van der Waals surface area contributed by atoms with E-state index in [9.17, 15) is 4.79 Å². The van der Waals surface area contributed by atoms with Crippen molar-refractivity contribution in [2.45, 2.75) is 45.2 Å². The van der Waals surface area contributed by atoms with Crippen LogP contribution in [0.2, 0.25) is 0 Å². The summed E-state index contributed by atoms with van der Waals surface area (Å²) in [7, 11) is 0. The molecule has 0 aliphatic heterocycles. The molecule has 1 unspecified atom stereocenters. The molecule has 0 aromatic heterocycles. The first-order valence-electron chi connectivity index (χ1n) is 6.81. The molecule has 0 spiro atoms. The molecule has 0 fully saturated rings. The lowest BCUT2D eigenvalue weighted by atomic mass is 10.1. The van der Waals surface area contributed by atoms with Crippen LogP contribution in [0.15, 0.2) is 24.3 Å². The quantitative estimate of drug-likeness (QED) is 0.829. The highest BCUT2D eigenvalue weighted by molar-refractivity contribution is 5.81. The van der Waals surface area contributed by atoms with Gasteiger partial charge in [0.15, 0.2) is 0 Å². The minimum absolute atomic E-state index is 0.104. The van der Waals surface area contributed by atoms with E-state index in [4.69, 9.17) is 0 Å². The summed E-state index contributed by atoms with van der Waals surface area (Å²) in [6, 6.07) is 8.80. The molecule has 1 atom stereocenters. The predicted octanol–water partition coefficient (Wildman–Crippen LogP) is 1.66. The van der Waals surface area contributed by atoms with Crippen molar-refractivity contribution in [1.82, 2.24) is 10.6 Å². The van der Waals surface area contributed by atoms with Gasteiger partial charge in [-0.1, -0.05) is 31.2 Å². The molecule has 1 aliphatic carbocycles. The second-order valence-electron chi connectivity index (χ2n) is 5.05. The van der Waals surface area contributed by atoms with Crippen LogP contribution in [0.3, 0.4) is 0 Å². The fourth-order valence-corrected chi connectivity index (χ4v) is 2.51. The highest BCUT2D eigenvalue weighted by Crippen LogP contribution is 2.21. The van der Waals surface area contributed by atoms with Crippen LogP contribution in [0.4, 0.5) is 0 Å². The molecule has 0 saturated carbocycles. The van der Waals surface area contributed by atoms with E-state index in [1.807, 2.05) is 6.92 Å². The van der Waals surface area contributed by atoms with Gasteiger partial charge in [0.1, 0.15) is 0 Å². The highest BCUT2D eigenvalue weighted by Gasteiger charge is 2.24. The predicted molar refractivity (Wildman–Crippen MR) is 73.5 cm³/mol. The van der Waals surface area contributed by atoms with Crippen LogP contribution < -0.4 is 10.6 Å². The van der Waals surface area contributed by atoms with Gasteiger partial charge in [0.2, 0.25) is 5.91 Å². The summed E-state index contributed by atoms with van der Waals surface area (Å²) in [5.41, 5.74) is 2.83. The molecule has 3 nitrogen and oxygen atoms in total. The molecule has 2 N–H and O–H groups in total. The van der Waals surface area contributed by atoms with E-state index in [-0.39, 0.29) is 11.9 Å². The van der Waals surface area contributed by atoms with Crippen LogP contribution in [0.1, 0.15) is 31.4 Å². The van der Waals surface area contributed by atoms with Crippen LogP contribution in [-0.4, -0.2) is 24.5 Å². The van der Waals surface area contributed by atoms with E-state index in [1.165, 1.54) is 11.1 Å². The van der Waals surface area contributed by atoms with Gasteiger partial charge in [0.25, 0.3) is 0 Å². The number of carbonyl (C=O) groups is 1. The molecule has 1 aromatic rings. The van der Waals surface area contributed by atoms with Crippen LogP contribution >= 0.6 is 0 Å². The Labute approximate surface area is 109 Å². The standard InChI is InChI=1S/C15H22N2O/c1-3-8-16-15(18)11(2)17-14-9-12-6-4-5-7-13(12)10-14/h4-7,11,14,17H,3,8-10H2,1-2H3,(H,16,18). The van der Waals surface area contributed by atoms with E-state index in [0.29, 0.717) is 6.04 Å². The van der Waals surface area contributed by atoms with E-state index < -0.39 is 0 Å². The Bertz CT molecular complexity index is 392. The second-order valence-corrected chi connectivity index (χ2v) is 5.05. The molecule has 98 valence electrons. The summed E-state index contributed by atoms with van der Waals surface area (Å²) in [5, 5.41) is 6.35. The molecule has 1 aliphatic rings. The number of benzene rings is 1. The minimum atomic E-state index is -0.115. The molecule has 18 heavy (non-hydrogen) atoms. The molecule has 2 rings (SSSR count). The molecular weight excluding hydrogens is 224 g/mol. The Morgan fingerprint density at radius 1 is 1.33 bits per heavy atom. The monoisotopic (exact) mass is 246 g/mol. The number of nitrogens with one attached hydrogen (secondary N) is 2. The summed E-state index contributed by atoms with van der Waals surface area (Å²) < 4.78 is 0. The Balaban J connectivity index is 1.84. The zero-order valence-electron chi connectivity index (χ0n) is 11.2. The maximum Gasteiger partial charge on any atom is 0.236 e. The van der Waals surface area contributed by atoms with Gasteiger partial charge in [-0.15, -0.1) is 0 Å². The van der Waals surface area contributed by atoms with Crippen molar-refractivity contribution in [3.8, 4) is 0 Å². The van der Waals surface area contributed by atoms with Gasteiger partial charge in [-0.25, -0.2) is 0 Å². The zero-order valence-corrected chi connectivity index (χ0v) is 11.2. The maximum absolute atomic E-state index is 11.8. The lowest BCUT2D eigenvalue weighted by Gasteiger charge is -2.18. The molecule has 0 heterocycles. The van der Waals surface area contributed by atoms with Gasteiger partial charge in [-0.3, -0.25) is 4.79 Å². The average molecular weight is 246 g/mol. The van der Waals surface area contributed by atoms with Gasteiger partial charge in [-0.05, 0) is 37.3 Å². The fourth-order valence-electron chi connectivity index (χ4n) is 2.51. The Hall–Kier alpha value is -1.35. The lowest BCUT2D eigenvalue weighted by Crippen LogP contribution is -2.47. The number of carbonyl (C=O) groups excluding carboxylic acids is 1. The Kier molecular flexibility index (Phi) is 4.37. The third-order valence-electron chi connectivity index (χ3n) is 3.48. The number of amides is 1. The fraction of sp³-hybridized carbons (Fsp3) is 0.533. The third-order valence-corrected chi connectivity index (χ3v) is 3.48. The molecule has 0 bridgehead atoms. The normalized spacial score (nSPS) is 16.3. The van der Waals surface area contributed by atoms with Crippen LogP contribution in [0.5, 0.6) is 0 Å². The van der Waals surface area contributed by atoms with Crippen LogP contribution in [-0.2, 0) is 17.6 Å². The zero-order chi connectivity index (χ0) is 13.0. The molecule has 0 radical (unpaired) electrons. The first-order valence-corrected chi connectivity index (χ1v) is 6.81. The second kappa shape index (κ2) is 6.01. The van der Waals surface area contributed by atoms with Crippen LogP contribution in [0, 0.1) is 0 Å². The van der Waals surface area contributed by atoms with Crippen LogP contribution in [0.25, 0.3) is 0 Å². The molecule has 1 aromatic carbocycles. The third kappa shape index (κ3) is 3.10. The maximum atomic E-state index is 11.8. The first-order chi connectivity index (χ1) is 8.70. The van der Waals surface area contributed by atoms with E-state index in [1.54, 1.807) is 0 Å². The van der Waals surface area contributed by atoms with Crippen molar-refractivity contribution >= 4 is 5.91 Å². The summed E-state index contributed by atoms with van der Waals surface area (Å²) in [6.45, 7) is 4.76. The summed E-state index contributed by atoms with van der Waals surface area (Å²) >= 11 is 0. The minimum Gasteiger partial charge on any atom is -0.355 e. The van der Waals surface area contributed by atoms with Gasteiger partial charge in [0, 0.05) is 12.6 Å². The van der Waals surface area contributed by atoms with Gasteiger partial charge in [-0.2, -0.15) is 0 Å². The number of hydrogen-bond donors (Lipinski definition) is 2. The van der Waals surface area contributed by atoms with Gasteiger partial charge >= 0.3 is 0 Å². The van der Waals surface area contributed by atoms with E-state index in [0.717, 1.165) is 25.8 Å². The van der Waals surface area contributed by atoms with Gasteiger partial charge in [0.05, 0.1) is 6.04 Å². The molecule has 1 amide bonds. The van der Waals surface area contributed by atoms with Crippen molar-refractivity contribution < 1.29 is 4.79 Å². The highest BCUT2D eigenvalue weighted by atomic mass is 16.2. The topological polar surface area (TPSA) is 41.1 Å². The van der Waals surface area contributed by atoms with E-state index in [2.05, 4.69) is 41.8 Å². The summed E-state index contributed by atoms with van der Waals surface area (Å²) in [6.07, 6.45) is 3.04. The number of rotatable bonds is 5. The summed E-state index contributed by atoms with van der Waals surface area (Å²) in [4.78, 5) is 11.8. The van der Waals surface area contributed by atoms with Gasteiger partial charge < -0.3 is 10.6 Å². The van der Waals surface area contributed by atoms with Crippen molar-refractivity contribution in [3.63, 3.8) is 0 Å². The Morgan fingerprint density at radius 3 is 2.50 bits per heavy atom. The smallest absolute Gasteiger partial charge is 0.236 e. The molecule has 0 saturated heterocycles. The summed E-state index contributed by atoms with van der Waals surface area (Å²) in [5.74, 6) is 0.104. The SMILES string of the molecule is CCCNC(=O)C(C)NC1Cc2ccccc2C1. The van der Waals surface area contributed by atoms with Crippen molar-refractivity contribution in [2.75, 3.05) is 6.54 Å². The average Bonchev–Trinajstić information content (AvgIpc) is 2.77. The number of hydrogen-bond acceptors (Lipinski definition) is 2. The van der Waals surface area contributed by atoms with Crippen molar-refractivity contribution in [2.24, 2.45) is 0 Å². The first kappa shape index (κ1) is 13.1. The Morgan fingerprint density at radius 2 is 1.94 bits per heavy atom. The van der Waals surface area contributed by atoms with E-state index >= 15 is 0 Å². The molecular formula is C15H22N2O. The lowest BCUT2D eigenvalue weighted by molar-refractivity contribution is -0.122. The number of fused-ring (bicyclic) bond motifs is 1.